The molecule has 3 N–H and O–H groups in total. The van der Waals surface area contributed by atoms with Crippen molar-refractivity contribution in [1.29, 1.82) is 0 Å². The largest absolute Gasteiger partial charge is 0.477 e. The molecule has 0 saturated carbocycles. The Morgan fingerprint density at radius 3 is 2.50 bits per heavy atom. The number of hydroxylamine groups is 5. The molecule has 1 rings (SSSR count). The average molecular weight is 149 g/mol. The maximum atomic E-state index is 10.7. The first kappa shape index (κ1) is 7.42. The van der Waals surface area contributed by atoms with Crippen molar-refractivity contribution in [3.05, 3.63) is 0 Å². The van der Waals surface area contributed by atoms with Crippen molar-refractivity contribution in [3.8, 4) is 0 Å². The summed E-state index contributed by atoms with van der Waals surface area (Å²) in [6.07, 6.45) is 0. The topological polar surface area (TPSA) is 81.0 Å². The van der Waals surface area contributed by atoms with Gasteiger partial charge in [0.05, 0.1) is 0 Å². The third kappa shape index (κ3) is 0.868. The molecule has 1 unspecified atom stereocenters. The first-order valence-electron chi connectivity index (χ1n) is 2.82. The monoisotopic (exact) mass is 149 g/mol. The van der Waals surface area contributed by atoms with E-state index in [0.29, 0.717) is 5.06 Å². The van der Waals surface area contributed by atoms with Crippen LogP contribution in [-0.4, -0.2) is 51.1 Å². The maximum Gasteiger partial charge on any atom is 0.477 e. The molecule has 1 atom stereocenters. The Balaban J connectivity index is 2.73. The molecule has 0 aromatic carbocycles. The van der Waals surface area contributed by atoms with Gasteiger partial charge in [-0.25, -0.2) is 10.0 Å². The van der Waals surface area contributed by atoms with E-state index < -0.39 is 17.4 Å². The van der Waals surface area contributed by atoms with Crippen LogP contribution in [0.3, 0.4) is 0 Å². The van der Waals surface area contributed by atoms with E-state index in [4.69, 9.17) is 15.5 Å². The molecule has 1 aliphatic rings. The zero-order chi connectivity index (χ0) is 7.78. The molecule has 1 fully saturated rings. The van der Waals surface area contributed by atoms with Gasteiger partial charge in [0.1, 0.15) is 13.1 Å². The molecule has 1 heterocycles. The molecule has 58 valence electrons. The van der Waals surface area contributed by atoms with E-state index >= 15 is 0 Å². The average Bonchev–Trinajstić information content (AvgIpc) is 2.19. The Morgan fingerprint density at radius 2 is 2.30 bits per heavy atom. The van der Waals surface area contributed by atoms with Gasteiger partial charge in [-0.05, 0) is 0 Å². The molecule has 1 aliphatic heterocycles. The number of aliphatic hydroxyl groups is 1. The second kappa shape index (κ2) is 2.17. The van der Waals surface area contributed by atoms with Gasteiger partial charge in [0.25, 0.3) is 0 Å². The van der Waals surface area contributed by atoms with Crippen LogP contribution in [0.5, 0.6) is 0 Å². The van der Waals surface area contributed by atoms with Crippen LogP contribution in [0.1, 0.15) is 0 Å². The predicted molar refractivity (Wildman–Crippen MR) is 27.9 cm³/mol. The van der Waals surface area contributed by atoms with Gasteiger partial charge in [0.2, 0.25) is 6.73 Å². The summed E-state index contributed by atoms with van der Waals surface area (Å²) < 4.78 is -1.11. The fourth-order valence-corrected chi connectivity index (χ4v) is 0.798. The van der Waals surface area contributed by atoms with Crippen molar-refractivity contribution in [2.45, 2.75) is 0 Å². The number of aliphatic hydroxyl groups excluding tert-OH is 1. The Hall–Kier alpha value is -0.690. The van der Waals surface area contributed by atoms with Crippen LogP contribution in [0.15, 0.2) is 0 Å². The smallest absolute Gasteiger partial charge is 0.344 e. The van der Waals surface area contributed by atoms with Gasteiger partial charge in [0, 0.05) is 0 Å². The number of quaternary nitrogens is 1. The summed E-state index contributed by atoms with van der Waals surface area (Å²) >= 11 is 0. The Labute approximate surface area is 57.0 Å². The van der Waals surface area contributed by atoms with Gasteiger partial charge in [-0.2, -0.15) is 5.06 Å². The SMILES string of the molecule is O=C1N(O)CC[N+]1(O)CO. The third-order valence-electron chi connectivity index (χ3n) is 1.49. The van der Waals surface area contributed by atoms with E-state index in [1.165, 1.54) is 0 Å². The lowest BCUT2D eigenvalue weighted by molar-refractivity contribution is -1.04. The molecule has 0 radical (unpaired) electrons. The lowest BCUT2D eigenvalue weighted by Crippen LogP contribution is -2.48. The molecule has 0 aliphatic carbocycles. The standard InChI is InChI=1S/C4H9N2O4/c7-3-6(10)2-1-5(9)4(6)8/h7,9-10H,1-3H2/q+1. The van der Waals surface area contributed by atoms with Crippen molar-refractivity contribution in [2.24, 2.45) is 0 Å². The second-order valence-corrected chi connectivity index (χ2v) is 2.19. The predicted octanol–water partition coefficient (Wildman–Crippen LogP) is -1.03. The highest BCUT2D eigenvalue weighted by molar-refractivity contribution is 5.66. The molecule has 0 aromatic heterocycles. The van der Waals surface area contributed by atoms with Crippen molar-refractivity contribution < 1.29 is 25.0 Å². The van der Waals surface area contributed by atoms with E-state index in [1.54, 1.807) is 0 Å². The second-order valence-electron chi connectivity index (χ2n) is 2.19. The molecule has 2 amide bonds. The number of hydrogen-bond donors (Lipinski definition) is 3. The number of carbonyl (C=O) groups is 1. The first-order valence-corrected chi connectivity index (χ1v) is 2.82. The molecule has 0 aromatic rings. The van der Waals surface area contributed by atoms with Gasteiger partial charge in [0.15, 0.2) is 0 Å². The highest BCUT2D eigenvalue weighted by atomic mass is 16.6. The number of urea groups is 1. The fourth-order valence-electron chi connectivity index (χ4n) is 0.798. The van der Waals surface area contributed by atoms with E-state index in [1.807, 2.05) is 0 Å². The molecule has 10 heavy (non-hydrogen) atoms. The Morgan fingerprint density at radius 1 is 1.70 bits per heavy atom. The lowest BCUT2D eigenvalue weighted by atomic mass is 10.6. The van der Waals surface area contributed by atoms with Crippen molar-refractivity contribution in [2.75, 3.05) is 19.8 Å². The summed E-state index contributed by atoms with van der Waals surface area (Å²) in [5.74, 6) is 0. The van der Waals surface area contributed by atoms with Crippen LogP contribution < -0.4 is 0 Å². The fraction of sp³-hybridized carbons (Fsp3) is 0.750. The van der Waals surface area contributed by atoms with Crippen molar-refractivity contribution in [1.82, 2.24) is 5.06 Å². The summed E-state index contributed by atoms with van der Waals surface area (Å²) in [4.78, 5) is 10.7. The van der Waals surface area contributed by atoms with Gasteiger partial charge >= 0.3 is 6.03 Å². The number of carbonyl (C=O) groups excluding carboxylic acids is 1. The summed E-state index contributed by atoms with van der Waals surface area (Å²) in [5.41, 5.74) is 0. The van der Waals surface area contributed by atoms with Gasteiger partial charge in [-0.15, -0.1) is 0 Å². The number of nitrogens with zero attached hydrogens (tertiary/aromatic N) is 2. The number of amides is 2. The summed E-state index contributed by atoms with van der Waals surface area (Å²) in [6.45, 7) is -0.627. The zero-order valence-electron chi connectivity index (χ0n) is 5.27. The summed E-state index contributed by atoms with van der Waals surface area (Å²) in [6, 6.07) is -0.887. The zero-order valence-corrected chi connectivity index (χ0v) is 5.27. The van der Waals surface area contributed by atoms with Crippen molar-refractivity contribution in [3.63, 3.8) is 0 Å². The maximum absolute atomic E-state index is 10.7. The minimum absolute atomic E-state index is 0.0197. The molecular weight excluding hydrogens is 140 g/mol. The quantitative estimate of drug-likeness (QED) is 0.329. The number of rotatable bonds is 1. The molecule has 1 saturated heterocycles. The van der Waals surface area contributed by atoms with Gasteiger partial charge in [-0.1, -0.05) is 4.65 Å². The van der Waals surface area contributed by atoms with E-state index in [0.717, 1.165) is 0 Å². The Bertz CT molecular complexity index is 161. The highest BCUT2D eigenvalue weighted by Gasteiger charge is 2.46. The molecule has 6 nitrogen and oxygen atoms in total. The minimum Gasteiger partial charge on any atom is -0.344 e. The van der Waals surface area contributed by atoms with E-state index in [-0.39, 0.29) is 13.1 Å². The van der Waals surface area contributed by atoms with Crippen LogP contribution in [0.4, 0.5) is 4.79 Å². The van der Waals surface area contributed by atoms with Gasteiger partial charge in [-0.3, -0.25) is 5.21 Å². The van der Waals surface area contributed by atoms with Gasteiger partial charge < -0.3 is 5.11 Å². The Kier molecular flexibility index (Phi) is 1.61. The van der Waals surface area contributed by atoms with Crippen LogP contribution in [0.25, 0.3) is 0 Å². The van der Waals surface area contributed by atoms with Crippen LogP contribution in [0.2, 0.25) is 0 Å². The van der Waals surface area contributed by atoms with Crippen LogP contribution in [-0.2, 0) is 0 Å². The van der Waals surface area contributed by atoms with Crippen molar-refractivity contribution >= 4 is 6.03 Å². The van der Waals surface area contributed by atoms with E-state index in [9.17, 15) is 4.79 Å². The normalized spacial score (nSPS) is 33.5. The molecule has 0 bridgehead atoms. The van der Waals surface area contributed by atoms with E-state index in [2.05, 4.69) is 0 Å². The number of hydrogen-bond acceptors (Lipinski definition) is 4. The third-order valence-corrected chi connectivity index (χ3v) is 1.49. The first-order chi connectivity index (χ1) is 4.60. The molecule has 6 heteroatoms. The van der Waals surface area contributed by atoms with Crippen LogP contribution >= 0.6 is 0 Å². The minimum atomic E-state index is -1.11. The van der Waals surface area contributed by atoms with Crippen LogP contribution in [0, 0.1) is 0 Å². The lowest BCUT2D eigenvalue weighted by Gasteiger charge is -2.16. The highest BCUT2D eigenvalue weighted by Crippen LogP contribution is 2.12. The summed E-state index contributed by atoms with van der Waals surface area (Å²) in [5, 5.41) is 26.6. The summed E-state index contributed by atoms with van der Waals surface area (Å²) in [7, 11) is 0. The molecular formula is C4H9N2O4+. The molecule has 0 spiro atoms.